The molecule has 0 aromatic heterocycles. The molecule has 0 unspecified atom stereocenters. The van der Waals surface area contributed by atoms with E-state index in [2.05, 4.69) is 6.58 Å². The molecule has 0 amide bonds. The standard InChI is InChI=1S/C3H6O3S.H2O/c1-2-3-7(4,5)6;/h2H,1,3H2,(H,4,5,6);1H2. The average Bonchev–Trinajstić information content (AvgIpc) is 1.30. The quantitative estimate of drug-likeness (QED) is 0.404. The van der Waals surface area contributed by atoms with Gasteiger partial charge in [-0.3, -0.25) is 4.55 Å². The minimum atomic E-state index is -3.79. The van der Waals surface area contributed by atoms with Crippen LogP contribution < -0.4 is 0 Å². The second-order valence-electron chi connectivity index (χ2n) is 1.04. The van der Waals surface area contributed by atoms with Crippen LogP contribution in [-0.2, 0) is 10.1 Å². The Kier molecular flexibility index (Phi) is 4.74. The maximum Gasteiger partial charge on any atom is 0.268 e. The highest BCUT2D eigenvalue weighted by molar-refractivity contribution is 7.85. The van der Waals surface area contributed by atoms with Crippen molar-refractivity contribution in [3.8, 4) is 0 Å². The first-order valence-corrected chi connectivity index (χ1v) is 3.23. The molecule has 0 aliphatic rings. The molecule has 0 aliphatic carbocycles. The zero-order valence-corrected chi connectivity index (χ0v) is 4.98. The largest absolute Gasteiger partial charge is 0.412 e. The lowest BCUT2D eigenvalue weighted by Gasteiger charge is -1.82. The van der Waals surface area contributed by atoms with Crippen LogP contribution in [0.3, 0.4) is 0 Å². The predicted molar refractivity (Wildman–Crippen MR) is 30.2 cm³/mol. The van der Waals surface area contributed by atoms with E-state index in [1.165, 1.54) is 0 Å². The summed E-state index contributed by atoms with van der Waals surface area (Å²) >= 11 is 0. The molecule has 0 aromatic rings. The van der Waals surface area contributed by atoms with E-state index in [4.69, 9.17) is 4.55 Å². The van der Waals surface area contributed by atoms with Gasteiger partial charge in [-0.2, -0.15) is 8.42 Å². The fourth-order valence-electron chi connectivity index (χ4n) is 0.149. The van der Waals surface area contributed by atoms with Gasteiger partial charge in [0.05, 0.1) is 5.75 Å². The van der Waals surface area contributed by atoms with E-state index >= 15 is 0 Å². The number of rotatable bonds is 2. The van der Waals surface area contributed by atoms with Crippen LogP contribution >= 0.6 is 0 Å². The van der Waals surface area contributed by atoms with E-state index < -0.39 is 10.1 Å². The van der Waals surface area contributed by atoms with E-state index in [0.717, 1.165) is 6.08 Å². The van der Waals surface area contributed by atoms with E-state index in [1.807, 2.05) is 0 Å². The molecule has 50 valence electrons. The molecule has 5 heteroatoms. The normalized spacial score (nSPS) is 9.62. The third-order valence-electron chi connectivity index (χ3n) is 0.328. The molecule has 0 rings (SSSR count). The van der Waals surface area contributed by atoms with Crippen LogP contribution in [0.25, 0.3) is 0 Å². The maximum atomic E-state index is 9.72. The molecular formula is C3H8O4S. The van der Waals surface area contributed by atoms with E-state index in [-0.39, 0.29) is 11.2 Å². The van der Waals surface area contributed by atoms with Crippen LogP contribution in [0, 0.1) is 0 Å². The van der Waals surface area contributed by atoms with Gasteiger partial charge in [-0.1, -0.05) is 6.08 Å². The van der Waals surface area contributed by atoms with Crippen molar-refractivity contribution in [2.24, 2.45) is 0 Å². The van der Waals surface area contributed by atoms with E-state index in [0.29, 0.717) is 0 Å². The van der Waals surface area contributed by atoms with Crippen LogP contribution in [0.2, 0.25) is 0 Å². The van der Waals surface area contributed by atoms with Crippen LogP contribution in [-0.4, -0.2) is 24.2 Å². The summed E-state index contributed by atoms with van der Waals surface area (Å²) in [5.41, 5.74) is 0. The third-order valence-corrected chi connectivity index (χ3v) is 0.985. The van der Waals surface area contributed by atoms with Gasteiger partial charge in [0.15, 0.2) is 0 Å². The summed E-state index contributed by atoms with van der Waals surface area (Å²) in [4.78, 5) is 0. The predicted octanol–water partition coefficient (Wildman–Crippen LogP) is -0.764. The van der Waals surface area contributed by atoms with Gasteiger partial charge in [0, 0.05) is 0 Å². The lowest BCUT2D eigenvalue weighted by atomic mass is 10.8. The molecule has 0 fully saturated rings. The molecule has 0 aromatic carbocycles. The molecule has 0 saturated carbocycles. The summed E-state index contributed by atoms with van der Waals surface area (Å²) in [6.07, 6.45) is 1.12. The van der Waals surface area contributed by atoms with Crippen LogP contribution in [0.4, 0.5) is 0 Å². The summed E-state index contributed by atoms with van der Waals surface area (Å²) < 4.78 is 27.3. The third kappa shape index (κ3) is 9.15. The fraction of sp³-hybridized carbons (Fsp3) is 0.333. The maximum absolute atomic E-state index is 9.72. The zero-order valence-electron chi connectivity index (χ0n) is 4.16. The Bertz CT molecular complexity index is 145. The average molecular weight is 140 g/mol. The number of hydrogen-bond acceptors (Lipinski definition) is 2. The van der Waals surface area contributed by atoms with Gasteiger partial charge < -0.3 is 5.48 Å². The summed E-state index contributed by atoms with van der Waals surface area (Å²) in [5, 5.41) is 0. The van der Waals surface area contributed by atoms with Gasteiger partial charge in [0.25, 0.3) is 10.1 Å². The first-order chi connectivity index (χ1) is 3.06. The van der Waals surface area contributed by atoms with Crippen LogP contribution in [0.1, 0.15) is 0 Å². The zero-order chi connectivity index (χ0) is 5.91. The molecule has 8 heavy (non-hydrogen) atoms. The second-order valence-corrected chi connectivity index (χ2v) is 2.53. The first-order valence-electron chi connectivity index (χ1n) is 1.62. The topological polar surface area (TPSA) is 85.9 Å². The Morgan fingerprint density at radius 3 is 2.00 bits per heavy atom. The van der Waals surface area contributed by atoms with E-state index in [1.54, 1.807) is 0 Å². The molecule has 0 atom stereocenters. The first kappa shape index (κ1) is 10.6. The Labute approximate surface area is 47.9 Å². The Morgan fingerprint density at radius 2 is 2.00 bits per heavy atom. The Morgan fingerprint density at radius 1 is 1.62 bits per heavy atom. The molecule has 0 spiro atoms. The van der Waals surface area contributed by atoms with Crippen molar-refractivity contribution in [3.63, 3.8) is 0 Å². The molecule has 0 radical (unpaired) electrons. The highest BCUT2D eigenvalue weighted by Crippen LogP contribution is 1.78. The van der Waals surface area contributed by atoms with Crippen molar-refractivity contribution in [2.45, 2.75) is 0 Å². The number of hydrogen-bond donors (Lipinski definition) is 1. The van der Waals surface area contributed by atoms with Crippen LogP contribution in [0.15, 0.2) is 12.7 Å². The SMILES string of the molecule is C=CCS(=O)(=O)O.O. The molecule has 3 N–H and O–H groups in total. The van der Waals surface area contributed by atoms with Gasteiger partial charge in [-0.15, -0.1) is 6.58 Å². The monoisotopic (exact) mass is 140 g/mol. The van der Waals surface area contributed by atoms with Gasteiger partial charge >= 0.3 is 0 Å². The second kappa shape index (κ2) is 3.59. The van der Waals surface area contributed by atoms with Gasteiger partial charge in [0.1, 0.15) is 0 Å². The van der Waals surface area contributed by atoms with Gasteiger partial charge in [-0.25, -0.2) is 0 Å². The van der Waals surface area contributed by atoms with Crippen molar-refractivity contribution in [3.05, 3.63) is 12.7 Å². The fourth-order valence-corrected chi connectivity index (χ4v) is 0.447. The highest BCUT2D eigenvalue weighted by atomic mass is 32.2. The highest BCUT2D eigenvalue weighted by Gasteiger charge is 1.95. The summed E-state index contributed by atoms with van der Waals surface area (Å²) in [7, 11) is -3.79. The molecule has 4 nitrogen and oxygen atoms in total. The van der Waals surface area contributed by atoms with Gasteiger partial charge in [0.2, 0.25) is 0 Å². The summed E-state index contributed by atoms with van der Waals surface area (Å²) in [5.74, 6) is -0.368. The van der Waals surface area contributed by atoms with E-state index in [9.17, 15) is 8.42 Å². The molecule has 0 aliphatic heterocycles. The van der Waals surface area contributed by atoms with Crippen molar-refractivity contribution in [2.75, 3.05) is 5.75 Å². The minimum absolute atomic E-state index is 0. The van der Waals surface area contributed by atoms with Crippen LogP contribution in [0.5, 0.6) is 0 Å². The van der Waals surface area contributed by atoms with Crippen molar-refractivity contribution < 1.29 is 18.4 Å². The summed E-state index contributed by atoms with van der Waals surface area (Å²) in [6, 6.07) is 0. The van der Waals surface area contributed by atoms with Crippen molar-refractivity contribution in [1.29, 1.82) is 0 Å². The van der Waals surface area contributed by atoms with Gasteiger partial charge in [-0.05, 0) is 0 Å². The minimum Gasteiger partial charge on any atom is -0.412 e. The Balaban J connectivity index is 0. The lowest BCUT2D eigenvalue weighted by molar-refractivity contribution is 0.487. The molecular weight excluding hydrogens is 132 g/mol. The smallest absolute Gasteiger partial charge is 0.268 e. The van der Waals surface area contributed by atoms with Crippen molar-refractivity contribution in [1.82, 2.24) is 0 Å². The lowest BCUT2D eigenvalue weighted by Crippen LogP contribution is -1.99. The molecule has 0 saturated heterocycles. The van der Waals surface area contributed by atoms with Crippen molar-refractivity contribution >= 4 is 10.1 Å². The summed E-state index contributed by atoms with van der Waals surface area (Å²) in [6.45, 7) is 3.11. The Hall–Kier alpha value is -0.390. The molecule has 0 heterocycles. The molecule has 0 bridgehead atoms.